The standard InChI is InChI=1S/C16H22Cl2O/c1-11-10-16(18)12(2)9-14(11)15(17)7-6-13-5-3-4-8-19-13/h9-10,13,15H,3-8H2,1-2H3. The second-order valence-corrected chi connectivity index (χ2v) is 6.43. The Balaban J connectivity index is 1.95. The molecule has 19 heavy (non-hydrogen) atoms. The van der Waals surface area contributed by atoms with Gasteiger partial charge in [0.1, 0.15) is 0 Å². The van der Waals surface area contributed by atoms with Gasteiger partial charge in [0.05, 0.1) is 11.5 Å². The summed E-state index contributed by atoms with van der Waals surface area (Å²) in [5.41, 5.74) is 3.49. The van der Waals surface area contributed by atoms with Crippen LogP contribution in [0.2, 0.25) is 5.02 Å². The van der Waals surface area contributed by atoms with Gasteiger partial charge in [0, 0.05) is 11.6 Å². The molecule has 1 aliphatic heterocycles. The van der Waals surface area contributed by atoms with Crippen molar-refractivity contribution in [1.82, 2.24) is 0 Å². The maximum Gasteiger partial charge on any atom is 0.0588 e. The lowest BCUT2D eigenvalue weighted by atomic mass is 9.97. The molecule has 3 heteroatoms. The Labute approximate surface area is 126 Å². The van der Waals surface area contributed by atoms with Crippen molar-refractivity contribution in [3.8, 4) is 0 Å². The fourth-order valence-electron chi connectivity index (χ4n) is 2.66. The van der Waals surface area contributed by atoms with Crippen LogP contribution in [0.15, 0.2) is 12.1 Å². The predicted molar refractivity (Wildman–Crippen MR) is 82.3 cm³/mol. The third kappa shape index (κ3) is 4.11. The molecule has 1 aliphatic rings. The van der Waals surface area contributed by atoms with Crippen molar-refractivity contribution in [3.63, 3.8) is 0 Å². The largest absolute Gasteiger partial charge is 0.378 e. The minimum Gasteiger partial charge on any atom is -0.378 e. The first kappa shape index (κ1) is 15.2. The molecule has 0 N–H and O–H groups in total. The highest BCUT2D eigenvalue weighted by Crippen LogP contribution is 2.33. The third-order valence-corrected chi connectivity index (χ3v) is 4.76. The van der Waals surface area contributed by atoms with Crippen LogP contribution >= 0.6 is 23.2 Å². The van der Waals surface area contributed by atoms with E-state index < -0.39 is 0 Å². The minimum atomic E-state index is 0.0569. The van der Waals surface area contributed by atoms with Gasteiger partial charge in [-0.2, -0.15) is 0 Å². The molecule has 0 spiro atoms. The lowest BCUT2D eigenvalue weighted by Gasteiger charge is -2.24. The molecule has 0 aromatic heterocycles. The number of hydrogen-bond acceptors (Lipinski definition) is 1. The smallest absolute Gasteiger partial charge is 0.0588 e. The first-order valence-electron chi connectivity index (χ1n) is 7.10. The van der Waals surface area contributed by atoms with Gasteiger partial charge in [-0.05, 0) is 68.7 Å². The first-order chi connectivity index (χ1) is 9.08. The number of rotatable bonds is 4. The van der Waals surface area contributed by atoms with Crippen LogP contribution in [0.25, 0.3) is 0 Å². The molecule has 0 amide bonds. The first-order valence-corrected chi connectivity index (χ1v) is 7.91. The lowest BCUT2D eigenvalue weighted by molar-refractivity contribution is 0.01000. The highest BCUT2D eigenvalue weighted by atomic mass is 35.5. The van der Waals surface area contributed by atoms with Crippen LogP contribution in [-0.4, -0.2) is 12.7 Å². The van der Waals surface area contributed by atoms with Gasteiger partial charge in [0.15, 0.2) is 0 Å². The molecular weight excluding hydrogens is 279 g/mol. The van der Waals surface area contributed by atoms with Crippen molar-refractivity contribution in [2.75, 3.05) is 6.61 Å². The highest BCUT2D eigenvalue weighted by molar-refractivity contribution is 6.31. The summed E-state index contributed by atoms with van der Waals surface area (Å²) in [5.74, 6) is 0. The molecule has 2 unspecified atom stereocenters. The zero-order valence-corrected chi connectivity index (χ0v) is 13.2. The van der Waals surface area contributed by atoms with Crippen LogP contribution < -0.4 is 0 Å². The number of ether oxygens (including phenoxy) is 1. The molecule has 0 aliphatic carbocycles. The Morgan fingerprint density at radius 1 is 1.26 bits per heavy atom. The SMILES string of the molecule is Cc1cc(C(Cl)CCC2CCCCO2)c(C)cc1Cl. The molecule has 2 atom stereocenters. The minimum absolute atomic E-state index is 0.0569. The summed E-state index contributed by atoms with van der Waals surface area (Å²) >= 11 is 12.7. The fraction of sp³-hybridized carbons (Fsp3) is 0.625. The number of alkyl halides is 1. The quantitative estimate of drug-likeness (QED) is 0.659. The van der Waals surface area contributed by atoms with E-state index in [2.05, 4.69) is 13.0 Å². The van der Waals surface area contributed by atoms with Crippen LogP contribution in [0.1, 0.15) is 54.2 Å². The molecule has 1 nitrogen and oxygen atoms in total. The molecule has 1 saturated heterocycles. The Morgan fingerprint density at radius 2 is 2.05 bits per heavy atom. The summed E-state index contributed by atoms with van der Waals surface area (Å²) < 4.78 is 5.76. The topological polar surface area (TPSA) is 9.23 Å². The Hall–Kier alpha value is -0.240. The molecule has 0 radical (unpaired) electrons. The van der Waals surface area contributed by atoms with Crippen molar-refractivity contribution in [1.29, 1.82) is 0 Å². The van der Waals surface area contributed by atoms with Gasteiger partial charge in [-0.15, -0.1) is 11.6 Å². The molecule has 2 rings (SSSR count). The van der Waals surface area contributed by atoms with Crippen molar-refractivity contribution in [2.24, 2.45) is 0 Å². The molecule has 1 fully saturated rings. The summed E-state index contributed by atoms with van der Waals surface area (Å²) in [5, 5.41) is 0.877. The highest BCUT2D eigenvalue weighted by Gasteiger charge is 2.18. The van der Waals surface area contributed by atoms with E-state index in [0.717, 1.165) is 30.0 Å². The third-order valence-electron chi connectivity index (χ3n) is 3.90. The summed E-state index contributed by atoms with van der Waals surface area (Å²) in [6.07, 6.45) is 6.10. The Bertz CT molecular complexity index is 425. The van der Waals surface area contributed by atoms with E-state index in [1.165, 1.54) is 30.4 Å². The molecule has 1 aromatic rings. The summed E-state index contributed by atoms with van der Waals surface area (Å²) in [6.45, 7) is 5.02. The Kier molecular flexibility index (Phi) is 5.56. The van der Waals surface area contributed by atoms with E-state index in [1.54, 1.807) is 0 Å². The van der Waals surface area contributed by atoms with E-state index in [-0.39, 0.29) is 5.38 Å². The molecule has 1 aromatic carbocycles. The lowest BCUT2D eigenvalue weighted by Crippen LogP contribution is -2.19. The van der Waals surface area contributed by atoms with Gasteiger partial charge in [0.2, 0.25) is 0 Å². The van der Waals surface area contributed by atoms with Gasteiger partial charge in [-0.3, -0.25) is 0 Å². The molecule has 0 bridgehead atoms. The van der Waals surface area contributed by atoms with Crippen molar-refractivity contribution in [2.45, 2.75) is 57.4 Å². The van der Waals surface area contributed by atoms with E-state index in [0.29, 0.717) is 6.10 Å². The maximum atomic E-state index is 6.56. The van der Waals surface area contributed by atoms with E-state index in [4.69, 9.17) is 27.9 Å². The zero-order chi connectivity index (χ0) is 13.8. The average molecular weight is 301 g/mol. The number of halogens is 2. The van der Waals surface area contributed by atoms with Gasteiger partial charge >= 0.3 is 0 Å². The van der Waals surface area contributed by atoms with Crippen LogP contribution in [0.3, 0.4) is 0 Å². The molecule has 106 valence electrons. The number of benzene rings is 1. The second kappa shape index (κ2) is 6.97. The summed E-state index contributed by atoms with van der Waals surface area (Å²) in [4.78, 5) is 0. The van der Waals surface area contributed by atoms with Gasteiger partial charge in [0.25, 0.3) is 0 Å². The maximum absolute atomic E-state index is 6.56. The van der Waals surface area contributed by atoms with E-state index in [9.17, 15) is 0 Å². The van der Waals surface area contributed by atoms with Crippen molar-refractivity contribution < 1.29 is 4.74 Å². The fourth-order valence-corrected chi connectivity index (χ4v) is 3.24. The van der Waals surface area contributed by atoms with Crippen LogP contribution in [-0.2, 0) is 4.74 Å². The van der Waals surface area contributed by atoms with Crippen LogP contribution in [0.5, 0.6) is 0 Å². The Morgan fingerprint density at radius 3 is 2.74 bits per heavy atom. The number of hydrogen-bond donors (Lipinski definition) is 0. The van der Waals surface area contributed by atoms with E-state index >= 15 is 0 Å². The van der Waals surface area contributed by atoms with Crippen molar-refractivity contribution in [3.05, 3.63) is 33.8 Å². The predicted octanol–water partition coefficient (Wildman–Crippen LogP) is 5.59. The zero-order valence-electron chi connectivity index (χ0n) is 11.7. The molecular formula is C16H22Cl2O. The molecule has 0 saturated carbocycles. The van der Waals surface area contributed by atoms with Crippen molar-refractivity contribution >= 4 is 23.2 Å². The van der Waals surface area contributed by atoms with E-state index in [1.807, 2.05) is 13.0 Å². The molecule has 1 heterocycles. The number of aryl methyl sites for hydroxylation is 2. The monoisotopic (exact) mass is 300 g/mol. The summed E-state index contributed by atoms with van der Waals surface area (Å²) in [6, 6.07) is 4.13. The average Bonchev–Trinajstić information content (AvgIpc) is 2.41. The van der Waals surface area contributed by atoms with Crippen LogP contribution in [0.4, 0.5) is 0 Å². The van der Waals surface area contributed by atoms with Gasteiger partial charge in [-0.1, -0.05) is 17.7 Å². The van der Waals surface area contributed by atoms with Gasteiger partial charge in [-0.25, -0.2) is 0 Å². The van der Waals surface area contributed by atoms with Gasteiger partial charge < -0.3 is 4.74 Å². The van der Waals surface area contributed by atoms with Crippen LogP contribution in [0, 0.1) is 13.8 Å². The normalized spacial score (nSPS) is 21.4. The summed E-state index contributed by atoms with van der Waals surface area (Å²) in [7, 11) is 0. The second-order valence-electron chi connectivity index (χ2n) is 5.49.